The van der Waals surface area contributed by atoms with Crippen molar-refractivity contribution in [2.24, 2.45) is 17.8 Å². The maximum Gasteiger partial charge on any atom is 0.201 e. The molecule has 2 saturated carbocycles. The average molecular weight is 395 g/mol. The fraction of sp³-hybridized carbons (Fsp3) is 0.750. The molecule has 0 bridgehead atoms. The second-order valence-corrected chi connectivity index (χ2v) is 8.75. The van der Waals surface area contributed by atoms with Crippen LogP contribution in [0, 0.1) is 29.4 Å². The van der Waals surface area contributed by atoms with Gasteiger partial charge in [-0.05, 0) is 80.2 Å². The normalized spacial score (nSPS) is 28.3. The van der Waals surface area contributed by atoms with Gasteiger partial charge < -0.3 is 9.47 Å². The van der Waals surface area contributed by atoms with E-state index in [0.717, 1.165) is 49.9 Å². The Hall–Kier alpha value is -1.16. The van der Waals surface area contributed by atoms with E-state index in [9.17, 15) is 8.78 Å². The van der Waals surface area contributed by atoms with Gasteiger partial charge in [-0.1, -0.05) is 39.2 Å². The summed E-state index contributed by atoms with van der Waals surface area (Å²) in [6.07, 6.45) is 11.9. The highest BCUT2D eigenvalue weighted by Gasteiger charge is 2.32. The Morgan fingerprint density at radius 2 is 1.50 bits per heavy atom. The van der Waals surface area contributed by atoms with Gasteiger partial charge in [-0.15, -0.1) is 0 Å². The molecule has 0 aromatic heterocycles. The fourth-order valence-electron chi connectivity index (χ4n) is 5.25. The van der Waals surface area contributed by atoms with Crippen molar-refractivity contribution >= 4 is 0 Å². The number of ether oxygens (including phenoxy) is 2. The minimum atomic E-state index is -0.877. The third-order valence-corrected chi connectivity index (χ3v) is 7.07. The summed E-state index contributed by atoms with van der Waals surface area (Å²) in [4.78, 5) is 0. The van der Waals surface area contributed by atoms with E-state index in [0.29, 0.717) is 12.2 Å². The molecule has 28 heavy (non-hydrogen) atoms. The van der Waals surface area contributed by atoms with Crippen molar-refractivity contribution in [3.05, 3.63) is 29.3 Å². The lowest BCUT2D eigenvalue weighted by Crippen LogP contribution is -2.25. The summed E-state index contributed by atoms with van der Waals surface area (Å²) < 4.78 is 39.5. The monoisotopic (exact) mass is 394 g/mol. The maximum absolute atomic E-state index is 14.7. The van der Waals surface area contributed by atoms with E-state index < -0.39 is 11.6 Å². The summed E-state index contributed by atoms with van der Waals surface area (Å²) >= 11 is 0. The molecule has 0 spiro atoms. The lowest BCUT2D eigenvalue weighted by molar-refractivity contribution is 0.0131. The molecule has 0 heterocycles. The summed E-state index contributed by atoms with van der Waals surface area (Å²) in [5, 5.41) is 0. The third-order valence-electron chi connectivity index (χ3n) is 7.07. The Kier molecular flexibility index (Phi) is 8.13. The molecular formula is C24H36F2O2. The second-order valence-electron chi connectivity index (χ2n) is 8.75. The van der Waals surface area contributed by atoms with Gasteiger partial charge in [0.15, 0.2) is 18.4 Å². The molecule has 0 atom stereocenters. The summed E-state index contributed by atoms with van der Waals surface area (Å²) in [6.45, 7) is 4.79. The van der Waals surface area contributed by atoms with Crippen LogP contribution < -0.4 is 4.74 Å². The first-order valence-electron chi connectivity index (χ1n) is 11.3. The van der Waals surface area contributed by atoms with Crippen LogP contribution in [0.4, 0.5) is 8.78 Å². The van der Waals surface area contributed by atoms with Gasteiger partial charge in [0.05, 0.1) is 6.61 Å². The molecule has 158 valence electrons. The van der Waals surface area contributed by atoms with Crippen LogP contribution in [0.1, 0.15) is 89.5 Å². The zero-order valence-electron chi connectivity index (χ0n) is 17.5. The first-order chi connectivity index (χ1) is 13.6. The number of halogens is 2. The molecule has 4 heteroatoms. The number of hydrogen-bond donors (Lipinski definition) is 0. The highest BCUT2D eigenvalue weighted by atomic mass is 19.2. The first kappa shape index (κ1) is 21.5. The van der Waals surface area contributed by atoms with E-state index in [4.69, 9.17) is 9.47 Å². The standard InChI is InChI=1S/C24H36F2O2/c1-3-15-27-16-28-22-14-13-21(23(25)24(22)26)20-11-9-19(10-12-20)18-7-5-17(4-2)6-8-18/h13-14,17-20H,3-12,15-16H2,1-2H3. The molecule has 0 saturated heterocycles. The van der Waals surface area contributed by atoms with Crippen molar-refractivity contribution in [3.63, 3.8) is 0 Å². The van der Waals surface area contributed by atoms with Crippen molar-refractivity contribution in [2.45, 2.75) is 84.0 Å². The largest absolute Gasteiger partial charge is 0.464 e. The van der Waals surface area contributed by atoms with Gasteiger partial charge in [-0.2, -0.15) is 4.39 Å². The quantitative estimate of drug-likeness (QED) is 0.342. The van der Waals surface area contributed by atoms with Gasteiger partial charge in [0.1, 0.15) is 0 Å². The zero-order chi connectivity index (χ0) is 19.9. The smallest absolute Gasteiger partial charge is 0.201 e. The van der Waals surface area contributed by atoms with Crippen LogP contribution in [0.5, 0.6) is 5.75 Å². The van der Waals surface area contributed by atoms with Gasteiger partial charge in [-0.25, -0.2) is 4.39 Å². The van der Waals surface area contributed by atoms with Gasteiger partial charge in [0, 0.05) is 0 Å². The Morgan fingerprint density at radius 1 is 0.857 bits per heavy atom. The van der Waals surface area contributed by atoms with E-state index in [1.165, 1.54) is 32.1 Å². The van der Waals surface area contributed by atoms with Gasteiger partial charge >= 0.3 is 0 Å². The Labute approximate surface area is 169 Å². The summed E-state index contributed by atoms with van der Waals surface area (Å²) in [6, 6.07) is 3.27. The van der Waals surface area contributed by atoms with Crippen molar-refractivity contribution < 1.29 is 18.3 Å². The molecule has 2 aliphatic carbocycles. The minimum Gasteiger partial charge on any atom is -0.464 e. The van der Waals surface area contributed by atoms with Crippen LogP contribution in [-0.2, 0) is 4.74 Å². The van der Waals surface area contributed by atoms with Crippen LogP contribution in [0.25, 0.3) is 0 Å². The van der Waals surface area contributed by atoms with Gasteiger partial charge in [0.25, 0.3) is 0 Å². The molecule has 0 amide bonds. The fourth-order valence-corrected chi connectivity index (χ4v) is 5.25. The molecule has 2 nitrogen and oxygen atoms in total. The molecule has 2 aliphatic rings. The molecule has 1 aromatic carbocycles. The summed E-state index contributed by atoms with van der Waals surface area (Å²) in [5.41, 5.74) is 0.521. The van der Waals surface area contributed by atoms with Crippen LogP contribution >= 0.6 is 0 Å². The lowest BCUT2D eigenvalue weighted by Gasteiger charge is -2.38. The van der Waals surface area contributed by atoms with Gasteiger partial charge in [-0.3, -0.25) is 0 Å². The Morgan fingerprint density at radius 3 is 2.11 bits per heavy atom. The lowest BCUT2D eigenvalue weighted by atomic mass is 9.68. The number of benzene rings is 1. The molecule has 1 aromatic rings. The van der Waals surface area contributed by atoms with Crippen molar-refractivity contribution in [1.82, 2.24) is 0 Å². The van der Waals surface area contributed by atoms with Gasteiger partial charge in [0.2, 0.25) is 5.82 Å². The first-order valence-corrected chi connectivity index (χ1v) is 11.3. The molecule has 0 aliphatic heterocycles. The Balaban J connectivity index is 1.53. The Bertz CT molecular complexity index is 603. The predicted molar refractivity (Wildman–Crippen MR) is 109 cm³/mol. The van der Waals surface area contributed by atoms with Crippen LogP contribution in [0.3, 0.4) is 0 Å². The van der Waals surface area contributed by atoms with E-state index in [1.54, 1.807) is 12.1 Å². The molecule has 0 N–H and O–H groups in total. The van der Waals surface area contributed by atoms with Crippen molar-refractivity contribution in [3.8, 4) is 5.75 Å². The molecule has 3 rings (SSSR count). The van der Waals surface area contributed by atoms with E-state index in [-0.39, 0.29) is 18.5 Å². The molecular weight excluding hydrogens is 358 g/mol. The maximum atomic E-state index is 14.7. The van der Waals surface area contributed by atoms with Crippen molar-refractivity contribution in [1.29, 1.82) is 0 Å². The van der Waals surface area contributed by atoms with Crippen LogP contribution in [0.15, 0.2) is 12.1 Å². The highest BCUT2D eigenvalue weighted by molar-refractivity contribution is 5.33. The SMILES string of the molecule is CCCOCOc1ccc(C2CCC(C3CCC(CC)CC3)CC2)c(F)c1F. The number of hydrogen-bond acceptors (Lipinski definition) is 2. The minimum absolute atomic E-state index is 0.0467. The average Bonchev–Trinajstić information content (AvgIpc) is 2.74. The summed E-state index contributed by atoms with van der Waals surface area (Å²) in [5.74, 6) is 1.02. The topological polar surface area (TPSA) is 18.5 Å². The van der Waals surface area contributed by atoms with E-state index >= 15 is 0 Å². The van der Waals surface area contributed by atoms with Crippen LogP contribution in [0.2, 0.25) is 0 Å². The highest BCUT2D eigenvalue weighted by Crippen LogP contribution is 2.45. The zero-order valence-corrected chi connectivity index (χ0v) is 17.5. The van der Waals surface area contributed by atoms with Crippen molar-refractivity contribution in [2.75, 3.05) is 13.4 Å². The predicted octanol–water partition coefficient (Wildman–Crippen LogP) is 7.22. The van der Waals surface area contributed by atoms with Crippen LogP contribution in [-0.4, -0.2) is 13.4 Å². The summed E-state index contributed by atoms with van der Waals surface area (Å²) in [7, 11) is 0. The molecule has 2 fully saturated rings. The molecule has 0 unspecified atom stereocenters. The van der Waals surface area contributed by atoms with E-state index in [1.807, 2.05) is 6.92 Å². The van der Waals surface area contributed by atoms with E-state index in [2.05, 4.69) is 6.92 Å². The second kappa shape index (κ2) is 10.6. The number of rotatable bonds is 8. The molecule has 0 radical (unpaired) electrons. The third kappa shape index (κ3) is 5.25.